The summed E-state index contributed by atoms with van der Waals surface area (Å²) < 4.78 is 11.9. The molecular formula is C28H40N2O4. The Balaban J connectivity index is 1.36. The van der Waals surface area contributed by atoms with Crippen molar-refractivity contribution in [2.45, 2.75) is 51.7 Å². The third-order valence-corrected chi connectivity index (χ3v) is 7.41. The van der Waals surface area contributed by atoms with Gasteiger partial charge < -0.3 is 24.6 Å². The molecule has 2 saturated heterocycles. The van der Waals surface area contributed by atoms with Crippen molar-refractivity contribution in [3.8, 4) is 5.75 Å². The van der Waals surface area contributed by atoms with Crippen LogP contribution in [0, 0.1) is 27.7 Å². The Kier molecular flexibility index (Phi) is 7.53. The highest BCUT2D eigenvalue weighted by Crippen LogP contribution is 2.30. The summed E-state index contributed by atoms with van der Waals surface area (Å²) in [6.07, 6.45) is 1.41. The second kappa shape index (κ2) is 10.2. The zero-order chi connectivity index (χ0) is 24.3. The molecule has 6 heteroatoms. The number of aliphatic hydroxyl groups is 2. The molecule has 2 aliphatic heterocycles. The van der Waals surface area contributed by atoms with Crippen LogP contribution in [0.15, 0.2) is 36.4 Å². The van der Waals surface area contributed by atoms with Gasteiger partial charge in [-0.2, -0.15) is 0 Å². The molecule has 2 heterocycles. The molecule has 2 aromatic rings. The van der Waals surface area contributed by atoms with Gasteiger partial charge in [-0.05, 0) is 69.4 Å². The van der Waals surface area contributed by atoms with Crippen molar-refractivity contribution >= 4 is 5.69 Å². The summed E-state index contributed by atoms with van der Waals surface area (Å²) in [5, 5.41) is 22.8. The fourth-order valence-corrected chi connectivity index (χ4v) is 5.08. The average molecular weight is 469 g/mol. The van der Waals surface area contributed by atoms with Gasteiger partial charge in [0.15, 0.2) is 0 Å². The van der Waals surface area contributed by atoms with Gasteiger partial charge in [0.05, 0.1) is 18.8 Å². The first-order valence-electron chi connectivity index (χ1n) is 12.4. The lowest BCUT2D eigenvalue weighted by Gasteiger charge is -2.42. The van der Waals surface area contributed by atoms with Crippen LogP contribution in [0.1, 0.15) is 35.1 Å². The molecule has 0 aromatic heterocycles. The molecule has 0 unspecified atom stereocenters. The summed E-state index contributed by atoms with van der Waals surface area (Å²) in [7, 11) is 0. The molecule has 0 radical (unpaired) electrons. The highest BCUT2D eigenvalue weighted by Gasteiger charge is 2.39. The summed E-state index contributed by atoms with van der Waals surface area (Å²) in [5.74, 6) is 0.839. The number of aryl methyl sites for hydroxylation is 3. The second-order valence-corrected chi connectivity index (χ2v) is 10.5. The number of benzene rings is 2. The fourth-order valence-electron chi connectivity index (χ4n) is 5.08. The summed E-state index contributed by atoms with van der Waals surface area (Å²) >= 11 is 0. The summed E-state index contributed by atoms with van der Waals surface area (Å²) in [5.41, 5.74) is 3.91. The predicted octanol–water partition coefficient (Wildman–Crippen LogP) is 3.39. The number of β-amino-alcohol motifs (C(OH)–C–C–N with tert-alkyl or cyclic N) is 2. The molecule has 2 aromatic carbocycles. The third kappa shape index (κ3) is 5.92. The number of hydrogen-bond acceptors (Lipinski definition) is 6. The first kappa shape index (κ1) is 25.0. The summed E-state index contributed by atoms with van der Waals surface area (Å²) in [4.78, 5) is 4.49. The molecule has 0 amide bonds. The van der Waals surface area contributed by atoms with E-state index < -0.39 is 11.2 Å². The maximum Gasteiger partial charge on any atom is 0.134 e. The topological polar surface area (TPSA) is 65.4 Å². The van der Waals surface area contributed by atoms with Gasteiger partial charge in [0.2, 0.25) is 0 Å². The maximum absolute atomic E-state index is 11.4. The minimum absolute atomic E-state index is 0.161. The van der Waals surface area contributed by atoms with Crippen molar-refractivity contribution in [1.82, 2.24) is 4.90 Å². The van der Waals surface area contributed by atoms with Crippen LogP contribution in [0.4, 0.5) is 5.69 Å². The number of hydrogen-bond donors (Lipinski definition) is 2. The molecule has 0 saturated carbocycles. The van der Waals surface area contributed by atoms with Gasteiger partial charge in [0.25, 0.3) is 0 Å². The zero-order valence-electron chi connectivity index (χ0n) is 21.1. The van der Waals surface area contributed by atoms with E-state index in [4.69, 9.17) is 9.47 Å². The monoisotopic (exact) mass is 468 g/mol. The van der Waals surface area contributed by atoms with Gasteiger partial charge in [0.1, 0.15) is 18.0 Å². The lowest BCUT2D eigenvalue weighted by Crippen LogP contribution is -2.55. The smallest absolute Gasteiger partial charge is 0.134 e. The zero-order valence-corrected chi connectivity index (χ0v) is 21.1. The van der Waals surface area contributed by atoms with Crippen LogP contribution in [0.5, 0.6) is 5.75 Å². The molecule has 6 nitrogen and oxygen atoms in total. The quantitative estimate of drug-likeness (QED) is 0.678. The van der Waals surface area contributed by atoms with Gasteiger partial charge in [-0.3, -0.25) is 4.90 Å². The Labute approximate surface area is 204 Å². The molecule has 0 aliphatic carbocycles. The molecule has 186 valence electrons. The van der Waals surface area contributed by atoms with E-state index in [-0.39, 0.29) is 13.2 Å². The Morgan fingerprint density at radius 2 is 1.56 bits per heavy atom. The van der Waals surface area contributed by atoms with Gasteiger partial charge in [-0.1, -0.05) is 29.8 Å². The number of ether oxygens (including phenoxy) is 2. The predicted molar refractivity (Wildman–Crippen MR) is 136 cm³/mol. The van der Waals surface area contributed by atoms with Crippen molar-refractivity contribution in [3.05, 3.63) is 58.7 Å². The number of rotatable bonds is 6. The highest BCUT2D eigenvalue weighted by atomic mass is 16.5. The highest BCUT2D eigenvalue weighted by molar-refractivity contribution is 5.48. The molecular weight excluding hydrogens is 428 g/mol. The van der Waals surface area contributed by atoms with Crippen LogP contribution < -0.4 is 9.64 Å². The van der Waals surface area contributed by atoms with Crippen LogP contribution in [0.3, 0.4) is 0 Å². The van der Waals surface area contributed by atoms with Crippen LogP contribution in [0.25, 0.3) is 0 Å². The Morgan fingerprint density at radius 1 is 0.882 bits per heavy atom. The van der Waals surface area contributed by atoms with E-state index in [1.165, 1.54) is 16.8 Å². The standard InChI is InChI=1S/C28H40N2O4/c1-21-5-9-25(10-6-21)30-13-11-27(31,12-14-30)17-29-15-16-33-19-28(32,18-29)20-34-26-23(3)8-7-22(2)24(26)4/h5-10,31-32H,11-20H2,1-4H3/t28-/m0/s1. The van der Waals surface area contributed by atoms with Crippen molar-refractivity contribution in [3.63, 3.8) is 0 Å². The lowest BCUT2D eigenvalue weighted by atomic mass is 9.90. The number of anilines is 1. The van der Waals surface area contributed by atoms with Crippen LogP contribution in [-0.2, 0) is 4.74 Å². The second-order valence-electron chi connectivity index (χ2n) is 10.5. The van der Waals surface area contributed by atoms with Crippen molar-refractivity contribution in [2.24, 2.45) is 0 Å². The molecule has 1 atom stereocenters. The minimum atomic E-state index is -1.13. The van der Waals surface area contributed by atoms with Crippen LogP contribution in [-0.4, -0.2) is 78.9 Å². The van der Waals surface area contributed by atoms with E-state index in [0.29, 0.717) is 39.1 Å². The Morgan fingerprint density at radius 3 is 2.26 bits per heavy atom. The summed E-state index contributed by atoms with van der Waals surface area (Å²) in [6, 6.07) is 12.7. The van der Waals surface area contributed by atoms with Gasteiger partial charge in [0, 0.05) is 38.4 Å². The fraction of sp³-hybridized carbons (Fsp3) is 0.571. The number of nitrogens with zero attached hydrogens (tertiary/aromatic N) is 2. The van der Waals surface area contributed by atoms with E-state index in [2.05, 4.69) is 67.0 Å². The lowest BCUT2D eigenvalue weighted by molar-refractivity contribution is -0.0744. The molecule has 4 rings (SSSR count). The van der Waals surface area contributed by atoms with Crippen LogP contribution in [0.2, 0.25) is 0 Å². The molecule has 34 heavy (non-hydrogen) atoms. The number of piperidine rings is 1. The SMILES string of the molecule is Cc1ccc(N2CCC(O)(CN3CCOC[C@](O)(COc4c(C)ccc(C)c4C)C3)CC2)cc1. The third-order valence-electron chi connectivity index (χ3n) is 7.41. The van der Waals surface area contributed by atoms with Crippen LogP contribution >= 0.6 is 0 Å². The van der Waals surface area contributed by atoms with Crippen molar-refractivity contribution in [1.29, 1.82) is 0 Å². The molecule has 2 N–H and O–H groups in total. The van der Waals surface area contributed by atoms with E-state index in [1.807, 2.05) is 6.92 Å². The summed E-state index contributed by atoms with van der Waals surface area (Å²) in [6.45, 7) is 12.5. The van der Waals surface area contributed by atoms with E-state index in [0.717, 1.165) is 30.0 Å². The molecule has 2 aliphatic rings. The first-order valence-corrected chi connectivity index (χ1v) is 12.4. The van der Waals surface area contributed by atoms with Gasteiger partial charge in [-0.25, -0.2) is 0 Å². The Bertz CT molecular complexity index is 969. The van der Waals surface area contributed by atoms with E-state index in [1.54, 1.807) is 0 Å². The van der Waals surface area contributed by atoms with Crippen molar-refractivity contribution in [2.75, 3.05) is 57.4 Å². The minimum Gasteiger partial charge on any atom is -0.490 e. The Hall–Kier alpha value is -2.12. The maximum atomic E-state index is 11.4. The molecule has 2 fully saturated rings. The average Bonchev–Trinajstić information content (AvgIpc) is 2.98. The molecule has 0 spiro atoms. The van der Waals surface area contributed by atoms with E-state index in [9.17, 15) is 10.2 Å². The normalized spacial score (nSPS) is 23.5. The van der Waals surface area contributed by atoms with E-state index >= 15 is 0 Å². The first-order chi connectivity index (χ1) is 16.2. The largest absolute Gasteiger partial charge is 0.490 e. The van der Waals surface area contributed by atoms with Crippen molar-refractivity contribution < 1.29 is 19.7 Å². The van der Waals surface area contributed by atoms with Gasteiger partial charge >= 0.3 is 0 Å². The molecule has 0 bridgehead atoms. The van der Waals surface area contributed by atoms with Gasteiger partial charge in [-0.15, -0.1) is 0 Å².